The molecule has 1 fully saturated rings. The van der Waals surface area contributed by atoms with Crippen molar-refractivity contribution in [3.63, 3.8) is 0 Å². The fourth-order valence-electron chi connectivity index (χ4n) is 2.38. The van der Waals surface area contributed by atoms with E-state index in [-0.39, 0.29) is 18.1 Å². The van der Waals surface area contributed by atoms with E-state index < -0.39 is 0 Å². The Labute approximate surface area is 118 Å². The maximum Gasteiger partial charge on any atom is 0.238 e. The first-order chi connectivity index (χ1) is 9.02. The molecule has 1 amide bonds. The normalized spacial score (nSPS) is 24.2. The van der Waals surface area contributed by atoms with Crippen LogP contribution in [0.5, 0.6) is 0 Å². The number of hydrogen-bond donors (Lipinski definition) is 1. The van der Waals surface area contributed by atoms with Crippen LogP contribution in [-0.4, -0.2) is 42.6 Å². The highest BCUT2D eigenvalue weighted by Crippen LogP contribution is 2.15. The van der Waals surface area contributed by atoms with Gasteiger partial charge in [-0.15, -0.1) is 0 Å². The Hall–Kier alpha value is -1.10. The summed E-state index contributed by atoms with van der Waals surface area (Å²) in [6, 6.07) is 7.16. The molecule has 1 aromatic carbocycles. The number of rotatable bonds is 3. The summed E-state index contributed by atoms with van der Waals surface area (Å²) >= 11 is 5.88. The van der Waals surface area contributed by atoms with Gasteiger partial charge >= 0.3 is 0 Å². The Morgan fingerprint density at radius 2 is 2.11 bits per heavy atom. The molecule has 104 valence electrons. The maximum atomic E-state index is 12.0. The lowest BCUT2D eigenvalue weighted by molar-refractivity contribution is -0.121. The molecule has 1 aliphatic heterocycles. The fourth-order valence-corrected chi connectivity index (χ4v) is 2.57. The number of carbonyl (C=O) groups excluding carboxylic acids is 1. The van der Waals surface area contributed by atoms with E-state index in [1.807, 2.05) is 26.0 Å². The monoisotopic (exact) mass is 282 g/mol. The summed E-state index contributed by atoms with van der Waals surface area (Å²) in [5.74, 6) is -0.0245. The van der Waals surface area contributed by atoms with Gasteiger partial charge in [0.1, 0.15) is 0 Å². The third-order valence-corrected chi connectivity index (χ3v) is 3.21. The van der Waals surface area contributed by atoms with Gasteiger partial charge in [-0.25, -0.2) is 0 Å². The molecule has 1 saturated heterocycles. The Balaban J connectivity index is 1.87. The van der Waals surface area contributed by atoms with Crippen LogP contribution in [-0.2, 0) is 9.53 Å². The number of nitrogens with zero attached hydrogens (tertiary/aromatic N) is 1. The molecule has 0 unspecified atom stereocenters. The van der Waals surface area contributed by atoms with E-state index in [9.17, 15) is 4.79 Å². The van der Waals surface area contributed by atoms with Crippen LogP contribution < -0.4 is 5.32 Å². The molecule has 2 atom stereocenters. The van der Waals surface area contributed by atoms with Crippen molar-refractivity contribution in [2.45, 2.75) is 26.1 Å². The highest BCUT2D eigenvalue weighted by atomic mass is 35.5. The van der Waals surface area contributed by atoms with Crippen LogP contribution in [0.1, 0.15) is 13.8 Å². The molecule has 1 aromatic rings. The second-order valence-electron chi connectivity index (χ2n) is 5.01. The van der Waals surface area contributed by atoms with E-state index in [1.54, 1.807) is 12.1 Å². The Bertz CT molecular complexity index is 443. The van der Waals surface area contributed by atoms with Crippen LogP contribution >= 0.6 is 11.6 Å². The summed E-state index contributed by atoms with van der Waals surface area (Å²) in [7, 11) is 0. The number of amides is 1. The van der Waals surface area contributed by atoms with Crippen LogP contribution in [0.15, 0.2) is 24.3 Å². The van der Waals surface area contributed by atoms with Gasteiger partial charge in [0.15, 0.2) is 0 Å². The molecule has 1 aliphatic rings. The zero-order valence-electron chi connectivity index (χ0n) is 11.2. The first kappa shape index (κ1) is 14.3. The van der Waals surface area contributed by atoms with Gasteiger partial charge in [0.25, 0.3) is 0 Å². The van der Waals surface area contributed by atoms with Crippen molar-refractivity contribution in [2.75, 3.05) is 25.0 Å². The largest absolute Gasteiger partial charge is 0.373 e. The highest BCUT2D eigenvalue weighted by molar-refractivity contribution is 6.30. The summed E-state index contributed by atoms with van der Waals surface area (Å²) in [5.41, 5.74) is 0.729. The number of halogens is 1. The minimum atomic E-state index is -0.0245. The quantitative estimate of drug-likeness (QED) is 0.925. The highest BCUT2D eigenvalue weighted by Gasteiger charge is 2.23. The predicted molar refractivity (Wildman–Crippen MR) is 76.5 cm³/mol. The van der Waals surface area contributed by atoms with E-state index in [0.717, 1.165) is 18.8 Å². The average molecular weight is 283 g/mol. The van der Waals surface area contributed by atoms with Crippen molar-refractivity contribution >= 4 is 23.2 Å². The van der Waals surface area contributed by atoms with Crippen LogP contribution in [0.2, 0.25) is 5.02 Å². The van der Waals surface area contributed by atoms with Crippen molar-refractivity contribution in [1.82, 2.24) is 4.90 Å². The van der Waals surface area contributed by atoms with Gasteiger partial charge < -0.3 is 10.1 Å². The standard InChI is InChI=1S/C14H19ClN2O2/c1-10-7-17(8-11(2)19-10)9-14(18)16-13-5-3-4-12(15)6-13/h3-6,10-11H,7-9H2,1-2H3,(H,16,18)/t10-,11-/m1/s1. The summed E-state index contributed by atoms with van der Waals surface area (Å²) in [6.07, 6.45) is 0.338. The Morgan fingerprint density at radius 1 is 1.42 bits per heavy atom. The molecule has 2 rings (SSSR count). The van der Waals surface area contributed by atoms with Crippen LogP contribution in [0.25, 0.3) is 0 Å². The molecule has 0 bridgehead atoms. The van der Waals surface area contributed by atoms with Gasteiger partial charge in [0.2, 0.25) is 5.91 Å². The first-order valence-electron chi connectivity index (χ1n) is 6.46. The average Bonchev–Trinajstić information content (AvgIpc) is 2.26. The Morgan fingerprint density at radius 3 is 2.74 bits per heavy atom. The summed E-state index contributed by atoms with van der Waals surface area (Å²) in [4.78, 5) is 14.1. The number of nitrogens with one attached hydrogen (secondary N) is 1. The smallest absolute Gasteiger partial charge is 0.238 e. The minimum absolute atomic E-state index is 0.0245. The molecule has 0 saturated carbocycles. The van der Waals surface area contributed by atoms with Crippen molar-refractivity contribution in [3.05, 3.63) is 29.3 Å². The van der Waals surface area contributed by atoms with Gasteiger partial charge in [-0.2, -0.15) is 0 Å². The maximum absolute atomic E-state index is 12.0. The zero-order chi connectivity index (χ0) is 13.8. The number of carbonyl (C=O) groups is 1. The lowest BCUT2D eigenvalue weighted by atomic mass is 10.2. The van der Waals surface area contributed by atoms with Gasteiger partial charge in [-0.05, 0) is 32.0 Å². The topological polar surface area (TPSA) is 41.6 Å². The summed E-state index contributed by atoms with van der Waals surface area (Å²) < 4.78 is 5.64. The van der Waals surface area contributed by atoms with Crippen molar-refractivity contribution in [1.29, 1.82) is 0 Å². The molecular weight excluding hydrogens is 264 g/mol. The molecular formula is C14H19ClN2O2. The zero-order valence-corrected chi connectivity index (χ0v) is 12.0. The number of ether oxygens (including phenoxy) is 1. The molecule has 4 nitrogen and oxygen atoms in total. The molecule has 0 radical (unpaired) electrons. The van der Waals surface area contributed by atoms with Crippen LogP contribution in [0.3, 0.4) is 0 Å². The molecule has 19 heavy (non-hydrogen) atoms. The molecule has 1 N–H and O–H groups in total. The predicted octanol–water partition coefficient (Wildman–Crippen LogP) is 2.39. The minimum Gasteiger partial charge on any atom is -0.373 e. The number of hydrogen-bond acceptors (Lipinski definition) is 3. The second-order valence-corrected chi connectivity index (χ2v) is 5.45. The summed E-state index contributed by atoms with van der Waals surface area (Å²) in [5, 5.41) is 3.47. The van der Waals surface area contributed by atoms with E-state index in [0.29, 0.717) is 11.6 Å². The van der Waals surface area contributed by atoms with Crippen LogP contribution in [0.4, 0.5) is 5.69 Å². The lowest BCUT2D eigenvalue weighted by Gasteiger charge is -2.34. The van der Waals surface area contributed by atoms with Crippen molar-refractivity contribution < 1.29 is 9.53 Å². The van der Waals surface area contributed by atoms with Crippen LogP contribution in [0, 0.1) is 0 Å². The van der Waals surface area contributed by atoms with Gasteiger partial charge in [-0.1, -0.05) is 17.7 Å². The van der Waals surface area contributed by atoms with Crippen molar-refractivity contribution in [2.24, 2.45) is 0 Å². The Kier molecular flexibility index (Phi) is 4.80. The third kappa shape index (κ3) is 4.49. The van der Waals surface area contributed by atoms with Gasteiger partial charge in [0.05, 0.1) is 18.8 Å². The summed E-state index contributed by atoms with van der Waals surface area (Å²) in [6.45, 7) is 6.00. The number of benzene rings is 1. The first-order valence-corrected chi connectivity index (χ1v) is 6.84. The molecule has 0 spiro atoms. The molecule has 0 aliphatic carbocycles. The SMILES string of the molecule is C[C@@H]1CN(CC(=O)Nc2cccc(Cl)c2)C[C@@H](C)O1. The van der Waals surface area contributed by atoms with Gasteiger partial charge in [-0.3, -0.25) is 9.69 Å². The number of anilines is 1. The molecule has 0 aromatic heterocycles. The third-order valence-electron chi connectivity index (χ3n) is 2.97. The molecule has 5 heteroatoms. The van der Waals surface area contributed by atoms with E-state index >= 15 is 0 Å². The second kappa shape index (κ2) is 6.37. The van der Waals surface area contributed by atoms with Gasteiger partial charge in [0, 0.05) is 23.8 Å². The molecule has 1 heterocycles. The van der Waals surface area contributed by atoms with E-state index in [1.165, 1.54) is 0 Å². The van der Waals surface area contributed by atoms with Crippen molar-refractivity contribution in [3.8, 4) is 0 Å². The van der Waals surface area contributed by atoms with E-state index in [2.05, 4.69) is 10.2 Å². The lowest BCUT2D eigenvalue weighted by Crippen LogP contribution is -2.48. The fraction of sp³-hybridized carbons (Fsp3) is 0.500. The van der Waals surface area contributed by atoms with E-state index in [4.69, 9.17) is 16.3 Å². The number of morpholine rings is 1.